The van der Waals surface area contributed by atoms with Crippen LogP contribution in [0.3, 0.4) is 0 Å². The van der Waals surface area contributed by atoms with E-state index in [-0.39, 0.29) is 9.84 Å². The molecule has 11 heavy (non-hydrogen) atoms. The van der Waals surface area contributed by atoms with Crippen molar-refractivity contribution >= 4 is 31.9 Å². The van der Waals surface area contributed by atoms with Crippen LogP contribution >= 0.6 is 31.9 Å². The highest BCUT2D eigenvalue weighted by molar-refractivity contribution is 9.12. The molecule has 0 unspecified atom stereocenters. The molecule has 0 aliphatic carbocycles. The number of hydrogen-bond acceptors (Lipinski definition) is 2. The van der Waals surface area contributed by atoms with Crippen molar-refractivity contribution in [3.05, 3.63) is 24.0 Å². The molecular formula is C7H5Br2NO. The lowest BCUT2D eigenvalue weighted by Crippen LogP contribution is -2.03. The van der Waals surface area contributed by atoms with Gasteiger partial charge in [0.25, 0.3) is 0 Å². The van der Waals surface area contributed by atoms with Gasteiger partial charge in [0.2, 0.25) is 0 Å². The van der Waals surface area contributed by atoms with Crippen molar-refractivity contribution in [3.8, 4) is 5.75 Å². The molecule has 0 N–H and O–H groups in total. The summed E-state index contributed by atoms with van der Waals surface area (Å²) in [5.41, 5.74) is 1.11. The largest absolute Gasteiger partial charge is 0.477 e. The summed E-state index contributed by atoms with van der Waals surface area (Å²) >= 11 is 6.88. The fourth-order valence-corrected chi connectivity index (χ4v) is 1.97. The Labute approximate surface area is 81.2 Å². The van der Waals surface area contributed by atoms with Crippen molar-refractivity contribution < 1.29 is 4.74 Å². The summed E-state index contributed by atoms with van der Waals surface area (Å²) in [6.07, 6.45) is 3.54. The molecule has 2 heterocycles. The summed E-state index contributed by atoms with van der Waals surface area (Å²) < 4.78 is 5.45. The van der Waals surface area contributed by atoms with Crippen LogP contribution in [0.25, 0.3) is 0 Å². The fourth-order valence-electron chi connectivity index (χ4n) is 1.03. The lowest BCUT2D eigenvalue weighted by atomic mass is 10.2. The quantitative estimate of drug-likeness (QED) is 0.681. The highest BCUT2D eigenvalue weighted by Gasteiger charge is 2.29. The van der Waals surface area contributed by atoms with E-state index < -0.39 is 0 Å². The molecule has 0 saturated heterocycles. The molecule has 0 aromatic carbocycles. The molecule has 1 aliphatic heterocycles. The Morgan fingerprint density at radius 2 is 2.27 bits per heavy atom. The summed E-state index contributed by atoms with van der Waals surface area (Å²) in [6.45, 7) is 0. The van der Waals surface area contributed by atoms with E-state index in [0.29, 0.717) is 0 Å². The third-order valence-corrected chi connectivity index (χ3v) is 3.98. The van der Waals surface area contributed by atoms with Gasteiger partial charge in [-0.05, 0) is 22.0 Å². The van der Waals surface area contributed by atoms with Gasteiger partial charge in [-0.1, -0.05) is 15.9 Å². The third-order valence-electron chi connectivity index (χ3n) is 1.58. The van der Waals surface area contributed by atoms with Crippen molar-refractivity contribution in [2.24, 2.45) is 0 Å². The van der Waals surface area contributed by atoms with Crippen LogP contribution in [0.4, 0.5) is 0 Å². The van der Waals surface area contributed by atoms with E-state index in [0.717, 1.165) is 11.3 Å². The fraction of sp³-hybridized carbons (Fsp3) is 0.286. The molecule has 0 spiro atoms. The van der Waals surface area contributed by atoms with E-state index in [4.69, 9.17) is 4.74 Å². The van der Waals surface area contributed by atoms with Gasteiger partial charge < -0.3 is 4.74 Å². The van der Waals surface area contributed by atoms with Gasteiger partial charge in [0.1, 0.15) is 5.75 Å². The lowest BCUT2D eigenvalue weighted by molar-refractivity contribution is 0.328. The van der Waals surface area contributed by atoms with Crippen molar-refractivity contribution in [1.29, 1.82) is 0 Å². The molecule has 2 atom stereocenters. The van der Waals surface area contributed by atoms with E-state index in [9.17, 15) is 0 Å². The first-order chi connectivity index (χ1) is 5.29. The Morgan fingerprint density at radius 1 is 1.45 bits per heavy atom. The van der Waals surface area contributed by atoms with Crippen molar-refractivity contribution in [2.75, 3.05) is 0 Å². The zero-order valence-corrected chi connectivity index (χ0v) is 8.67. The molecule has 1 aromatic heterocycles. The number of pyridine rings is 1. The van der Waals surface area contributed by atoms with Crippen molar-refractivity contribution in [2.45, 2.75) is 9.84 Å². The molecule has 58 valence electrons. The zero-order chi connectivity index (χ0) is 7.84. The smallest absolute Gasteiger partial charge is 0.169 e. The molecular weight excluding hydrogens is 274 g/mol. The first-order valence-corrected chi connectivity index (χ1v) is 5.01. The van der Waals surface area contributed by atoms with Gasteiger partial charge in [0, 0.05) is 18.0 Å². The summed E-state index contributed by atoms with van der Waals surface area (Å²) in [5.74, 6) is 0.906. The maximum absolute atomic E-state index is 5.45. The molecule has 0 bridgehead atoms. The summed E-state index contributed by atoms with van der Waals surface area (Å²) in [4.78, 5) is 4.22. The van der Waals surface area contributed by atoms with E-state index in [1.54, 1.807) is 6.20 Å². The molecule has 2 nitrogen and oxygen atoms in total. The Hall–Kier alpha value is -0.0900. The van der Waals surface area contributed by atoms with Gasteiger partial charge in [0.15, 0.2) is 5.01 Å². The first kappa shape index (κ1) is 7.55. The standard InChI is InChI=1S/C7H5Br2NO/c8-6-4-3-10-2-1-5(4)11-7(6)9/h1-3,6-7H/t6-,7-/m1/s1. The highest BCUT2D eigenvalue weighted by atomic mass is 79.9. The second kappa shape index (κ2) is 2.75. The molecule has 0 radical (unpaired) electrons. The lowest BCUT2D eigenvalue weighted by Gasteiger charge is -2.02. The van der Waals surface area contributed by atoms with Crippen LogP contribution in [0.5, 0.6) is 5.75 Å². The number of rotatable bonds is 0. The number of fused-ring (bicyclic) bond motifs is 1. The van der Waals surface area contributed by atoms with Gasteiger partial charge in [-0.15, -0.1) is 0 Å². The van der Waals surface area contributed by atoms with Crippen LogP contribution in [0, 0.1) is 0 Å². The first-order valence-electron chi connectivity index (χ1n) is 3.18. The second-order valence-corrected chi connectivity index (χ2v) is 4.17. The van der Waals surface area contributed by atoms with E-state index in [1.165, 1.54) is 0 Å². The van der Waals surface area contributed by atoms with Crippen molar-refractivity contribution in [1.82, 2.24) is 4.98 Å². The molecule has 0 saturated carbocycles. The minimum atomic E-state index is 0.0294. The number of nitrogens with zero attached hydrogens (tertiary/aromatic N) is 1. The van der Waals surface area contributed by atoms with Gasteiger partial charge in [0.05, 0.1) is 4.83 Å². The van der Waals surface area contributed by atoms with Gasteiger partial charge in [-0.25, -0.2) is 0 Å². The average molecular weight is 279 g/mol. The Bertz CT molecular complexity index is 279. The minimum Gasteiger partial charge on any atom is -0.477 e. The Balaban J connectivity index is 2.47. The highest BCUT2D eigenvalue weighted by Crippen LogP contribution is 2.43. The molecule has 2 rings (SSSR count). The summed E-state index contributed by atoms with van der Waals surface area (Å²) in [5, 5.41) is 0.0294. The third kappa shape index (κ3) is 1.18. The maximum Gasteiger partial charge on any atom is 0.169 e. The maximum atomic E-state index is 5.45. The Kier molecular flexibility index (Phi) is 1.89. The molecule has 0 amide bonds. The van der Waals surface area contributed by atoms with E-state index in [2.05, 4.69) is 36.8 Å². The Morgan fingerprint density at radius 3 is 3.00 bits per heavy atom. The van der Waals surface area contributed by atoms with Crippen LogP contribution in [0.15, 0.2) is 18.5 Å². The van der Waals surface area contributed by atoms with Crippen LogP contribution in [-0.2, 0) is 0 Å². The number of halogens is 2. The number of ether oxygens (including phenoxy) is 1. The van der Waals surface area contributed by atoms with Gasteiger partial charge in [-0.2, -0.15) is 0 Å². The van der Waals surface area contributed by atoms with Crippen LogP contribution in [0.2, 0.25) is 0 Å². The molecule has 4 heteroatoms. The average Bonchev–Trinajstić information content (AvgIpc) is 2.30. The van der Waals surface area contributed by atoms with Crippen LogP contribution < -0.4 is 4.74 Å². The van der Waals surface area contributed by atoms with Crippen LogP contribution in [0.1, 0.15) is 10.4 Å². The predicted molar refractivity (Wildman–Crippen MR) is 49.2 cm³/mol. The summed E-state index contributed by atoms with van der Waals surface area (Å²) in [6, 6.07) is 1.87. The molecule has 1 aromatic rings. The second-order valence-electron chi connectivity index (χ2n) is 2.28. The topological polar surface area (TPSA) is 22.1 Å². The van der Waals surface area contributed by atoms with Crippen molar-refractivity contribution in [3.63, 3.8) is 0 Å². The van der Waals surface area contributed by atoms with E-state index in [1.807, 2.05) is 12.3 Å². The number of aromatic nitrogens is 1. The normalized spacial score (nSPS) is 27.8. The molecule has 0 fully saturated rings. The van der Waals surface area contributed by atoms with E-state index >= 15 is 0 Å². The van der Waals surface area contributed by atoms with Gasteiger partial charge in [-0.3, -0.25) is 4.98 Å². The number of hydrogen-bond donors (Lipinski definition) is 0. The van der Waals surface area contributed by atoms with Gasteiger partial charge >= 0.3 is 0 Å². The number of alkyl halides is 2. The summed E-state index contributed by atoms with van der Waals surface area (Å²) in [7, 11) is 0. The zero-order valence-electron chi connectivity index (χ0n) is 5.50. The monoisotopic (exact) mass is 277 g/mol. The van der Waals surface area contributed by atoms with Crippen LogP contribution in [-0.4, -0.2) is 10.00 Å². The molecule has 1 aliphatic rings. The minimum absolute atomic E-state index is 0.0294. The SMILES string of the molecule is Br[C@@H]1Oc2ccncc2[C@H]1Br. The predicted octanol–water partition coefficient (Wildman–Crippen LogP) is 2.63.